The van der Waals surface area contributed by atoms with Gasteiger partial charge in [0.1, 0.15) is 5.75 Å². The van der Waals surface area contributed by atoms with E-state index in [9.17, 15) is 4.79 Å². The number of hydrogen-bond donors (Lipinski definition) is 2. The molecule has 1 aliphatic heterocycles. The van der Waals surface area contributed by atoms with Crippen LogP contribution in [-0.2, 0) is 0 Å². The molecule has 0 unspecified atom stereocenters. The Balaban J connectivity index is 1.39. The van der Waals surface area contributed by atoms with Crippen molar-refractivity contribution in [1.29, 1.82) is 0 Å². The fourth-order valence-electron chi connectivity index (χ4n) is 4.38. The van der Waals surface area contributed by atoms with Gasteiger partial charge in [-0.3, -0.25) is 10.3 Å². The van der Waals surface area contributed by atoms with Gasteiger partial charge in [-0.15, -0.1) is 0 Å². The SMILES string of the molecule is O=C(Nc1ccc(-c2ccncc2)c(C#Cc2ccc(C3CCNCC3)cc2)c1)Oc1ccccc1. The lowest BCUT2D eigenvalue weighted by Gasteiger charge is -2.22. The Kier molecular flexibility index (Phi) is 7.36. The number of amides is 1. The summed E-state index contributed by atoms with van der Waals surface area (Å²) in [6.07, 6.45) is 5.31. The number of carbonyl (C=O) groups is 1. The molecule has 1 aliphatic rings. The molecule has 5 heteroatoms. The maximum absolute atomic E-state index is 12.4. The molecule has 1 amide bonds. The zero-order chi connectivity index (χ0) is 24.6. The Morgan fingerprint density at radius 1 is 0.889 bits per heavy atom. The average Bonchev–Trinajstić information content (AvgIpc) is 2.94. The molecular weight excluding hydrogens is 446 g/mol. The van der Waals surface area contributed by atoms with Crippen LogP contribution >= 0.6 is 0 Å². The number of aromatic nitrogens is 1. The Bertz CT molecular complexity index is 1370. The average molecular weight is 474 g/mol. The number of hydrogen-bond acceptors (Lipinski definition) is 4. The van der Waals surface area contributed by atoms with Gasteiger partial charge in [0.15, 0.2) is 0 Å². The minimum absolute atomic E-state index is 0.483. The smallest absolute Gasteiger partial charge is 0.410 e. The van der Waals surface area contributed by atoms with Gasteiger partial charge >= 0.3 is 6.09 Å². The fourth-order valence-corrected chi connectivity index (χ4v) is 4.38. The highest BCUT2D eigenvalue weighted by atomic mass is 16.6. The lowest BCUT2D eigenvalue weighted by Crippen LogP contribution is -2.26. The van der Waals surface area contributed by atoms with Crippen molar-refractivity contribution in [2.45, 2.75) is 18.8 Å². The molecule has 0 aliphatic carbocycles. The van der Waals surface area contributed by atoms with E-state index >= 15 is 0 Å². The normalized spacial score (nSPS) is 13.3. The van der Waals surface area contributed by atoms with Crippen molar-refractivity contribution in [3.63, 3.8) is 0 Å². The predicted molar refractivity (Wildman–Crippen MR) is 143 cm³/mol. The molecule has 5 nitrogen and oxygen atoms in total. The van der Waals surface area contributed by atoms with E-state index in [4.69, 9.17) is 4.74 Å². The third-order valence-corrected chi connectivity index (χ3v) is 6.27. The van der Waals surface area contributed by atoms with Gasteiger partial charge in [-0.25, -0.2) is 4.79 Å². The molecule has 5 rings (SSSR count). The highest BCUT2D eigenvalue weighted by Gasteiger charge is 2.14. The summed E-state index contributed by atoms with van der Waals surface area (Å²) in [6.45, 7) is 2.15. The van der Waals surface area contributed by atoms with Crippen LogP contribution in [0.2, 0.25) is 0 Å². The largest absolute Gasteiger partial charge is 0.417 e. The van der Waals surface area contributed by atoms with Crippen LogP contribution in [0, 0.1) is 11.8 Å². The summed E-state index contributed by atoms with van der Waals surface area (Å²) < 4.78 is 5.37. The number of ether oxygens (including phenoxy) is 1. The van der Waals surface area contributed by atoms with E-state index in [2.05, 4.69) is 51.7 Å². The van der Waals surface area contributed by atoms with E-state index in [0.29, 0.717) is 17.4 Å². The lowest BCUT2D eigenvalue weighted by molar-refractivity contribution is 0.215. The molecule has 1 fully saturated rings. The van der Waals surface area contributed by atoms with Gasteiger partial charge in [0, 0.05) is 29.2 Å². The first kappa shape index (κ1) is 23.3. The van der Waals surface area contributed by atoms with Crippen molar-refractivity contribution >= 4 is 11.8 Å². The van der Waals surface area contributed by atoms with E-state index in [1.807, 2.05) is 48.5 Å². The van der Waals surface area contributed by atoms with Crippen molar-refractivity contribution in [3.8, 4) is 28.7 Å². The number of para-hydroxylation sites is 1. The summed E-state index contributed by atoms with van der Waals surface area (Å²) >= 11 is 0. The van der Waals surface area contributed by atoms with Gasteiger partial charge in [-0.1, -0.05) is 48.2 Å². The highest BCUT2D eigenvalue weighted by molar-refractivity contribution is 5.87. The topological polar surface area (TPSA) is 63.2 Å². The maximum Gasteiger partial charge on any atom is 0.417 e. The van der Waals surface area contributed by atoms with Crippen LogP contribution in [0.1, 0.15) is 35.4 Å². The van der Waals surface area contributed by atoms with Gasteiger partial charge in [-0.2, -0.15) is 0 Å². The molecule has 0 spiro atoms. The molecule has 1 aromatic heterocycles. The molecule has 36 heavy (non-hydrogen) atoms. The Morgan fingerprint density at radius 3 is 2.39 bits per heavy atom. The summed E-state index contributed by atoms with van der Waals surface area (Å²) in [4.78, 5) is 16.5. The summed E-state index contributed by atoms with van der Waals surface area (Å²) in [5, 5.41) is 6.23. The first-order valence-electron chi connectivity index (χ1n) is 12.2. The lowest BCUT2D eigenvalue weighted by atomic mass is 9.90. The molecule has 0 atom stereocenters. The zero-order valence-electron chi connectivity index (χ0n) is 19.9. The number of nitrogens with one attached hydrogen (secondary N) is 2. The Labute approximate surface area is 211 Å². The number of rotatable bonds is 4. The van der Waals surface area contributed by atoms with Crippen LogP contribution in [0.15, 0.2) is 97.3 Å². The van der Waals surface area contributed by atoms with E-state index in [-0.39, 0.29) is 0 Å². The van der Waals surface area contributed by atoms with E-state index in [1.54, 1.807) is 24.5 Å². The fraction of sp³-hybridized carbons (Fsp3) is 0.161. The van der Waals surface area contributed by atoms with Crippen LogP contribution in [0.4, 0.5) is 10.5 Å². The third kappa shape index (κ3) is 5.99. The first-order chi connectivity index (χ1) is 17.7. The molecular formula is C31H27N3O2. The molecule has 178 valence electrons. The number of piperidine rings is 1. The maximum atomic E-state index is 12.4. The van der Waals surface area contributed by atoms with Gasteiger partial charge in [-0.05, 0) is 97.1 Å². The number of anilines is 1. The third-order valence-electron chi connectivity index (χ3n) is 6.27. The second-order valence-corrected chi connectivity index (χ2v) is 8.72. The molecule has 0 bridgehead atoms. The monoisotopic (exact) mass is 473 g/mol. The van der Waals surface area contributed by atoms with Gasteiger partial charge in [0.2, 0.25) is 0 Å². The molecule has 1 saturated heterocycles. The number of nitrogens with zero attached hydrogens (tertiary/aromatic N) is 1. The quantitative estimate of drug-likeness (QED) is 0.345. The number of benzene rings is 3. The van der Waals surface area contributed by atoms with Crippen LogP contribution in [0.25, 0.3) is 11.1 Å². The number of pyridine rings is 1. The van der Waals surface area contributed by atoms with Crippen molar-refractivity contribution < 1.29 is 9.53 Å². The van der Waals surface area contributed by atoms with Crippen molar-refractivity contribution in [2.24, 2.45) is 0 Å². The van der Waals surface area contributed by atoms with Gasteiger partial charge < -0.3 is 10.1 Å². The molecule has 4 aromatic rings. The summed E-state index contributed by atoms with van der Waals surface area (Å²) in [6, 6.07) is 27.1. The molecule has 0 radical (unpaired) electrons. The molecule has 2 N–H and O–H groups in total. The second kappa shape index (κ2) is 11.4. The van der Waals surface area contributed by atoms with E-state index < -0.39 is 6.09 Å². The van der Waals surface area contributed by atoms with Crippen molar-refractivity contribution in [2.75, 3.05) is 18.4 Å². The van der Waals surface area contributed by atoms with Gasteiger partial charge in [0.05, 0.1) is 0 Å². The summed E-state index contributed by atoms with van der Waals surface area (Å²) in [5.41, 5.74) is 5.73. The van der Waals surface area contributed by atoms with Crippen LogP contribution < -0.4 is 15.4 Å². The molecule has 3 aromatic carbocycles. The van der Waals surface area contributed by atoms with Gasteiger partial charge in [0.25, 0.3) is 0 Å². The Morgan fingerprint density at radius 2 is 1.64 bits per heavy atom. The van der Waals surface area contributed by atoms with Crippen molar-refractivity contribution in [1.82, 2.24) is 10.3 Å². The highest BCUT2D eigenvalue weighted by Crippen LogP contribution is 2.27. The van der Waals surface area contributed by atoms with Crippen LogP contribution in [0.5, 0.6) is 5.75 Å². The Hall–Kier alpha value is -4.40. The molecule has 2 heterocycles. The minimum Gasteiger partial charge on any atom is -0.410 e. The van der Waals surface area contributed by atoms with Crippen LogP contribution in [0.3, 0.4) is 0 Å². The standard InChI is InChI=1S/C31H27N3O2/c35-31(36-29-4-2-1-3-5-29)34-28-12-13-30(26-16-20-33-21-17-26)27(22-28)11-8-23-6-9-24(10-7-23)25-14-18-32-19-15-25/h1-7,9-10,12-13,16-17,20-22,25,32H,14-15,18-19H2,(H,34,35). The van der Waals surface area contributed by atoms with Crippen molar-refractivity contribution in [3.05, 3.63) is 114 Å². The zero-order valence-corrected chi connectivity index (χ0v) is 19.9. The number of carbonyl (C=O) groups excluding carboxylic acids is 1. The summed E-state index contributed by atoms with van der Waals surface area (Å²) in [7, 11) is 0. The first-order valence-corrected chi connectivity index (χ1v) is 12.2. The van der Waals surface area contributed by atoms with Crippen LogP contribution in [-0.4, -0.2) is 24.2 Å². The van der Waals surface area contributed by atoms with E-state index in [0.717, 1.165) is 35.3 Å². The van der Waals surface area contributed by atoms with E-state index in [1.165, 1.54) is 18.4 Å². The minimum atomic E-state index is -0.551. The molecule has 0 saturated carbocycles. The predicted octanol–water partition coefficient (Wildman–Crippen LogP) is 6.23. The summed E-state index contributed by atoms with van der Waals surface area (Å²) in [5.74, 6) is 7.72. The second-order valence-electron chi connectivity index (χ2n) is 8.72.